The second-order valence-corrected chi connectivity index (χ2v) is 8.06. The fraction of sp³-hybridized carbons (Fsp3) is 0.304. The van der Waals surface area contributed by atoms with Crippen LogP contribution in [0.25, 0.3) is 21.9 Å². The van der Waals surface area contributed by atoms with Crippen molar-refractivity contribution in [1.82, 2.24) is 9.97 Å². The molecule has 1 fully saturated rings. The minimum Gasteiger partial charge on any atom is -0.474 e. The molecule has 10 heteroatoms. The molecule has 2 aliphatic rings. The number of carbonyl (C=O) groups is 1. The number of aromatic nitrogens is 2. The van der Waals surface area contributed by atoms with Gasteiger partial charge in [0.1, 0.15) is 24.2 Å². The third-order valence-corrected chi connectivity index (χ3v) is 5.91. The molecule has 5 rings (SSSR count). The van der Waals surface area contributed by atoms with Crippen molar-refractivity contribution < 1.29 is 14.3 Å². The number of hydrogen-bond acceptors (Lipinski definition) is 8. The lowest BCUT2D eigenvalue weighted by molar-refractivity contribution is 0.0418. The highest BCUT2D eigenvalue weighted by Crippen LogP contribution is 2.37. The quantitative estimate of drug-likeness (QED) is 0.487. The van der Waals surface area contributed by atoms with Gasteiger partial charge < -0.3 is 20.5 Å². The molecule has 1 aliphatic carbocycles. The van der Waals surface area contributed by atoms with Crippen LogP contribution >= 0.6 is 12.4 Å². The average molecular weight is 467 g/mol. The standard InChI is InChI=1S/C23H22N6O3.ClH/c1-12-17(10-28-22-21(12)26-2-3-31-22)14-6-15-8-20(27-11-18(15)19(25)7-14)29-23(30)32-16-4-13(5-16)9-24;/h6-8,10-11,13,16,26H,2-5,25H2,1H3,(H,27,29,30);1H. The molecule has 9 nitrogen and oxygen atoms in total. The SMILES string of the molecule is Cc1c(-c2cc(N)c3cnc(NC(=O)OC4CC(C#N)C4)cc3c2)cnc2c1NCCO2.Cl. The van der Waals surface area contributed by atoms with Crippen LogP contribution in [0.2, 0.25) is 0 Å². The Kier molecular flexibility index (Phi) is 6.11. The number of anilines is 3. The van der Waals surface area contributed by atoms with Crippen LogP contribution in [0, 0.1) is 24.2 Å². The molecule has 0 radical (unpaired) electrons. The number of nitrogens with one attached hydrogen (secondary N) is 2. The average Bonchev–Trinajstić information content (AvgIpc) is 2.76. The number of ether oxygens (including phenoxy) is 2. The lowest BCUT2D eigenvalue weighted by atomic mass is 9.84. The summed E-state index contributed by atoms with van der Waals surface area (Å²) in [7, 11) is 0. The van der Waals surface area contributed by atoms with E-state index in [1.165, 1.54) is 0 Å². The molecule has 0 atom stereocenters. The number of nitrogens with two attached hydrogens (primary N) is 1. The minimum absolute atomic E-state index is 0. The summed E-state index contributed by atoms with van der Waals surface area (Å²) in [6, 6.07) is 7.82. The van der Waals surface area contributed by atoms with Gasteiger partial charge in [0.2, 0.25) is 5.88 Å². The topological polar surface area (TPSA) is 135 Å². The maximum Gasteiger partial charge on any atom is 0.413 e. The van der Waals surface area contributed by atoms with E-state index in [9.17, 15) is 4.79 Å². The molecular weight excluding hydrogens is 444 g/mol. The van der Waals surface area contributed by atoms with E-state index in [-0.39, 0.29) is 24.4 Å². The summed E-state index contributed by atoms with van der Waals surface area (Å²) >= 11 is 0. The largest absolute Gasteiger partial charge is 0.474 e. The predicted molar refractivity (Wildman–Crippen MR) is 128 cm³/mol. The van der Waals surface area contributed by atoms with Gasteiger partial charge in [0.05, 0.1) is 12.0 Å². The molecule has 1 amide bonds. The summed E-state index contributed by atoms with van der Waals surface area (Å²) < 4.78 is 10.9. The molecule has 4 N–H and O–H groups in total. The van der Waals surface area contributed by atoms with Crippen molar-refractivity contribution in [3.8, 4) is 23.1 Å². The lowest BCUT2D eigenvalue weighted by Crippen LogP contribution is -2.34. The maximum absolute atomic E-state index is 12.2. The first-order chi connectivity index (χ1) is 15.5. The Balaban J connectivity index is 0.00000259. The monoisotopic (exact) mass is 466 g/mol. The Morgan fingerprint density at radius 1 is 1.30 bits per heavy atom. The molecule has 0 spiro atoms. The van der Waals surface area contributed by atoms with Crippen molar-refractivity contribution in [3.63, 3.8) is 0 Å². The third kappa shape index (κ3) is 4.30. The van der Waals surface area contributed by atoms with Gasteiger partial charge in [-0.05, 0) is 41.6 Å². The second-order valence-electron chi connectivity index (χ2n) is 8.06. The number of halogens is 1. The number of nitrogen functional groups attached to an aromatic ring is 1. The van der Waals surface area contributed by atoms with Crippen LogP contribution in [-0.2, 0) is 4.74 Å². The molecule has 170 valence electrons. The number of carbonyl (C=O) groups excluding carboxylic acids is 1. The predicted octanol–water partition coefficient (Wildman–Crippen LogP) is 4.26. The van der Waals surface area contributed by atoms with Crippen molar-refractivity contribution in [2.45, 2.75) is 25.9 Å². The first-order valence-corrected chi connectivity index (χ1v) is 10.4. The Hall–Kier alpha value is -3.77. The summed E-state index contributed by atoms with van der Waals surface area (Å²) in [5.41, 5.74) is 10.7. The highest BCUT2D eigenvalue weighted by Gasteiger charge is 2.32. The van der Waals surface area contributed by atoms with Crippen LogP contribution in [0.15, 0.2) is 30.6 Å². The van der Waals surface area contributed by atoms with Gasteiger partial charge in [-0.15, -0.1) is 12.4 Å². The highest BCUT2D eigenvalue weighted by molar-refractivity contribution is 5.99. The van der Waals surface area contributed by atoms with Crippen LogP contribution in [0.3, 0.4) is 0 Å². The van der Waals surface area contributed by atoms with E-state index in [1.807, 2.05) is 19.1 Å². The van der Waals surface area contributed by atoms with Crippen molar-refractivity contribution in [2.75, 3.05) is 29.5 Å². The lowest BCUT2D eigenvalue weighted by Gasteiger charge is -2.29. The van der Waals surface area contributed by atoms with Gasteiger partial charge in [-0.3, -0.25) is 5.32 Å². The van der Waals surface area contributed by atoms with Crippen LogP contribution in [0.1, 0.15) is 18.4 Å². The van der Waals surface area contributed by atoms with Crippen LogP contribution < -0.4 is 21.1 Å². The zero-order chi connectivity index (χ0) is 22.2. The Bertz CT molecular complexity index is 1270. The smallest absolute Gasteiger partial charge is 0.413 e. The summed E-state index contributed by atoms with van der Waals surface area (Å²) in [4.78, 5) is 20.9. The molecule has 0 unspecified atom stereocenters. The minimum atomic E-state index is -0.580. The molecule has 0 saturated heterocycles. The number of hydrogen-bond donors (Lipinski definition) is 3. The van der Waals surface area contributed by atoms with Gasteiger partial charge in [-0.1, -0.05) is 0 Å². The number of nitriles is 1. The molecule has 1 aromatic carbocycles. The number of amides is 1. The summed E-state index contributed by atoms with van der Waals surface area (Å²) in [5, 5.41) is 16.5. The van der Waals surface area contributed by atoms with E-state index in [2.05, 4.69) is 26.7 Å². The molecule has 3 heterocycles. The summed E-state index contributed by atoms with van der Waals surface area (Å²) in [6.07, 6.45) is 3.76. The van der Waals surface area contributed by atoms with Crippen molar-refractivity contribution >= 4 is 46.5 Å². The molecular formula is C23H23ClN6O3. The van der Waals surface area contributed by atoms with Crippen molar-refractivity contribution in [3.05, 3.63) is 36.2 Å². The van der Waals surface area contributed by atoms with Crippen LogP contribution in [-0.4, -0.2) is 35.3 Å². The molecule has 2 aromatic heterocycles. The van der Waals surface area contributed by atoms with E-state index < -0.39 is 6.09 Å². The molecule has 33 heavy (non-hydrogen) atoms. The summed E-state index contributed by atoms with van der Waals surface area (Å²) in [6.45, 7) is 3.34. The van der Waals surface area contributed by atoms with E-state index in [0.29, 0.717) is 36.8 Å². The number of nitrogens with zero attached hydrogens (tertiary/aromatic N) is 3. The van der Waals surface area contributed by atoms with Gasteiger partial charge in [0.15, 0.2) is 0 Å². The first kappa shape index (κ1) is 22.4. The highest BCUT2D eigenvalue weighted by atomic mass is 35.5. The zero-order valence-corrected chi connectivity index (χ0v) is 18.7. The Morgan fingerprint density at radius 3 is 2.91 bits per heavy atom. The Morgan fingerprint density at radius 2 is 2.12 bits per heavy atom. The number of pyridine rings is 2. The fourth-order valence-electron chi connectivity index (χ4n) is 4.07. The first-order valence-electron chi connectivity index (χ1n) is 10.4. The fourth-order valence-corrected chi connectivity index (χ4v) is 4.07. The van der Waals surface area contributed by atoms with E-state index in [1.54, 1.807) is 18.5 Å². The normalized spacial score (nSPS) is 18.4. The van der Waals surface area contributed by atoms with E-state index in [4.69, 9.17) is 20.5 Å². The zero-order valence-electron chi connectivity index (χ0n) is 17.9. The van der Waals surface area contributed by atoms with Crippen LogP contribution in [0.5, 0.6) is 5.88 Å². The van der Waals surface area contributed by atoms with Crippen molar-refractivity contribution in [2.24, 2.45) is 5.92 Å². The molecule has 1 aliphatic heterocycles. The van der Waals surface area contributed by atoms with Gasteiger partial charge in [-0.2, -0.15) is 5.26 Å². The van der Waals surface area contributed by atoms with Gasteiger partial charge in [-0.25, -0.2) is 14.8 Å². The van der Waals surface area contributed by atoms with Crippen molar-refractivity contribution in [1.29, 1.82) is 5.26 Å². The summed E-state index contributed by atoms with van der Waals surface area (Å²) in [5.74, 6) is 0.940. The maximum atomic E-state index is 12.2. The second kappa shape index (κ2) is 9.00. The molecule has 1 saturated carbocycles. The van der Waals surface area contributed by atoms with Gasteiger partial charge >= 0.3 is 6.09 Å². The number of rotatable bonds is 3. The molecule has 0 bridgehead atoms. The molecule has 3 aromatic rings. The van der Waals surface area contributed by atoms with Crippen LogP contribution in [0.4, 0.5) is 22.0 Å². The third-order valence-electron chi connectivity index (χ3n) is 5.91. The van der Waals surface area contributed by atoms with E-state index in [0.717, 1.165) is 39.7 Å². The van der Waals surface area contributed by atoms with Gasteiger partial charge in [0.25, 0.3) is 0 Å². The van der Waals surface area contributed by atoms with Gasteiger partial charge in [0, 0.05) is 48.4 Å². The number of fused-ring (bicyclic) bond motifs is 2. The van der Waals surface area contributed by atoms with E-state index >= 15 is 0 Å². The number of benzene rings is 1. The Labute approximate surface area is 196 Å².